The molecule has 2 N–H and O–H groups in total. The standard InChI is InChI=1S/C6H12N2/c1-2-4-6-5(3-1)7-8-6/h5-8H,1-4H2. The first kappa shape index (κ1) is 4.77. The number of hydrogen-bond donors (Lipinski definition) is 2. The lowest BCUT2D eigenvalue weighted by Gasteiger charge is -2.42. The van der Waals surface area contributed by atoms with Crippen LogP contribution in [0.15, 0.2) is 0 Å². The van der Waals surface area contributed by atoms with Crippen LogP contribution in [-0.4, -0.2) is 12.1 Å². The van der Waals surface area contributed by atoms with Crippen LogP contribution in [0.25, 0.3) is 0 Å². The first-order chi connectivity index (χ1) is 3.97. The summed E-state index contributed by atoms with van der Waals surface area (Å²) in [7, 11) is 0. The summed E-state index contributed by atoms with van der Waals surface area (Å²) in [4.78, 5) is 0. The molecular weight excluding hydrogens is 100 g/mol. The van der Waals surface area contributed by atoms with Crippen LogP contribution in [-0.2, 0) is 0 Å². The van der Waals surface area contributed by atoms with Crippen LogP contribution in [0.2, 0.25) is 0 Å². The smallest absolute Gasteiger partial charge is 0.0380 e. The molecule has 1 aliphatic heterocycles. The lowest BCUT2D eigenvalue weighted by Crippen LogP contribution is -2.68. The molecule has 0 amide bonds. The highest BCUT2D eigenvalue weighted by Crippen LogP contribution is 2.21. The van der Waals surface area contributed by atoms with E-state index in [1.165, 1.54) is 25.7 Å². The van der Waals surface area contributed by atoms with E-state index in [0.717, 1.165) is 12.1 Å². The second-order valence-corrected chi connectivity index (χ2v) is 2.79. The maximum absolute atomic E-state index is 3.20. The molecule has 0 aromatic heterocycles. The fraction of sp³-hybridized carbons (Fsp3) is 1.00. The van der Waals surface area contributed by atoms with Crippen molar-refractivity contribution in [2.24, 2.45) is 0 Å². The van der Waals surface area contributed by atoms with Crippen molar-refractivity contribution in [1.82, 2.24) is 10.9 Å². The molecule has 0 aromatic rings. The Hall–Kier alpha value is -0.0800. The largest absolute Gasteiger partial charge is 0.253 e. The number of hydrogen-bond acceptors (Lipinski definition) is 2. The molecule has 1 heterocycles. The van der Waals surface area contributed by atoms with Gasteiger partial charge >= 0.3 is 0 Å². The van der Waals surface area contributed by atoms with Crippen LogP contribution in [0, 0.1) is 0 Å². The SMILES string of the molecule is C1CCC2NNC2C1. The third-order valence-corrected chi connectivity index (χ3v) is 2.22. The molecule has 2 nitrogen and oxygen atoms in total. The summed E-state index contributed by atoms with van der Waals surface area (Å²) in [5, 5.41) is 0. The van der Waals surface area contributed by atoms with E-state index in [2.05, 4.69) is 10.9 Å². The summed E-state index contributed by atoms with van der Waals surface area (Å²) in [6, 6.07) is 1.65. The molecule has 2 aliphatic rings. The van der Waals surface area contributed by atoms with Gasteiger partial charge in [-0.3, -0.25) is 10.9 Å². The van der Waals surface area contributed by atoms with Crippen LogP contribution < -0.4 is 10.9 Å². The Morgan fingerprint density at radius 1 is 0.875 bits per heavy atom. The molecule has 2 unspecified atom stereocenters. The third kappa shape index (κ3) is 0.565. The molecule has 1 saturated heterocycles. The van der Waals surface area contributed by atoms with E-state index in [4.69, 9.17) is 0 Å². The van der Waals surface area contributed by atoms with Gasteiger partial charge in [0.1, 0.15) is 0 Å². The molecular formula is C6H12N2. The summed E-state index contributed by atoms with van der Waals surface area (Å²) < 4.78 is 0. The highest BCUT2D eigenvalue weighted by Gasteiger charge is 2.31. The van der Waals surface area contributed by atoms with Crippen molar-refractivity contribution in [2.75, 3.05) is 0 Å². The number of hydrazine groups is 1. The molecule has 1 saturated carbocycles. The van der Waals surface area contributed by atoms with Crippen molar-refractivity contribution in [1.29, 1.82) is 0 Å². The zero-order chi connectivity index (χ0) is 5.40. The van der Waals surface area contributed by atoms with Crippen molar-refractivity contribution < 1.29 is 0 Å². The molecule has 8 heavy (non-hydrogen) atoms. The molecule has 2 fully saturated rings. The second kappa shape index (κ2) is 1.71. The van der Waals surface area contributed by atoms with Gasteiger partial charge in [0.05, 0.1) is 0 Å². The van der Waals surface area contributed by atoms with Gasteiger partial charge in [0.25, 0.3) is 0 Å². The lowest BCUT2D eigenvalue weighted by molar-refractivity contribution is 0.145. The summed E-state index contributed by atoms with van der Waals surface area (Å²) >= 11 is 0. The van der Waals surface area contributed by atoms with Gasteiger partial charge in [-0.25, -0.2) is 0 Å². The van der Waals surface area contributed by atoms with E-state index >= 15 is 0 Å². The van der Waals surface area contributed by atoms with Gasteiger partial charge in [0.15, 0.2) is 0 Å². The number of rotatable bonds is 0. The molecule has 0 spiro atoms. The Labute approximate surface area is 49.6 Å². The second-order valence-electron chi connectivity index (χ2n) is 2.79. The van der Waals surface area contributed by atoms with E-state index in [1.807, 2.05) is 0 Å². The Kier molecular flexibility index (Phi) is 1.02. The van der Waals surface area contributed by atoms with Crippen LogP contribution in [0.5, 0.6) is 0 Å². The summed E-state index contributed by atoms with van der Waals surface area (Å²) in [5.41, 5.74) is 6.39. The lowest BCUT2D eigenvalue weighted by atomic mass is 9.89. The van der Waals surface area contributed by atoms with Gasteiger partial charge in [-0.15, -0.1) is 0 Å². The summed E-state index contributed by atoms with van der Waals surface area (Å²) in [6.07, 6.45) is 5.63. The predicted molar refractivity (Wildman–Crippen MR) is 32.3 cm³/mol. The van der Waals surface area contributed by atoms with Gasteiger partial charge in [-0.1, -0.05) is 12.8 Å². The predicted octanol–water partition coefficient (Wildman–Crippen LogP) is 0.405. The highest BCUT2D eigenvalue weighted by atomic mass is 15.5. The van der Waals surface area contributed by atoms with Crippen LogP contribution in [0.1, 0.15) is 25.7 Å². The normalized spacial score (nSPS) is 45.0. The average molecular weight is 112 g/mol. The van der Waals surface area contributed by atoms with Crippen LogP contribution in [0.3, 0.4) is 0 Å². The van der Waals surface area contributed by atoms with Crippen molar-refractivity contribution in [3.63, 3.8) is 0 Å². The summed E-state index contributed by atoms with van der Waals surface area (Å²) in [5.74, 6) is 0. The van der Waals surface area contributed by atoms with Gasteiger partial charge in [-0.05, 0) is 12.8 Å². The number of fused-ring (bicyclic) bond motifs is 1. The fourth-order valence-electron chi connectivity index (χ4n) is 1.59. The first-order valence-electron chi connectivity index (χ1n) is 3.48. The van der Waals surface area contributed by atoms with Crippen molar-refractivity contribution in [3.8, 4) is 0 Å². The zero-order valence-corrected chi connectivity index (χ0v) is 4.98. The van der Waals surface area contributed by atoms with E-state index < -0.39 is 0 Å². The minimum Gasteiger partial charge on any atom is -0.253 e. The zero-order valence-electron chi connectivity index (χ0n) is 4.98. The minimum atomic E-state index is 0.823. The van der Waals surface area contributed by atoms with Crippen molar-refractivity contribution in [2.45, 2.75) is 37.8 Å². The van der Waals surface area contributed by atoms with Crippen LogP contribution in [0.4, 0.5) is 0 Å². The molecule has 46 valence electrons. The average Bonchev–Trinajstić information content (AvgIpc) is 1.72. The summed E-state index contributed by atoms with van der Waals surface area (Å²) in [6.45, 7) is 0. The Bertz CT molecular complexity index is 80.5. The van der Waals surface area contributed by atoms with Crippen molar-refractivity contribution in [3.05, 3.63) is 0 Å². The molecule has 2 atom stereocenters. The van der Waals surface area contributed by atoms with Crippen LogP contribution >= 0.6 is 0 Å². The molecule has 0 bridgehead atoms. The Morgan fingerprint density at radius 2 is 1.38 bits per heavy atom. The van der Waals surface area contributed by atoms with E-state index in [-0.39, 0.29) is 0 Å². The highest BCUT2D eigenvalue weighted by molar-refractivity contribution is 4.91. The first-order valence-corrected chi connectivity index (χ1v) is 3.48. The quantitative estimate of drug-likeness (QED) is 0.474. The molecule has 0 aromatic carbocycles. The Morgan fingerprint density at radius 3 is 1.62 bits per heavy atom. The molecule has 0 radical (unpaired) electrons. The fourth-order valence-corrected chi connectivity index (χ4v) is 1.59. The van der Waals surface area contributed by atoms with E-state index in [1.54, 1.807) is 0 Å². The van der Waals surface area contributed by atoms with Gasteiger partial charge < -0.3 is 0 Å². The molecule has 1 aliphatic carbocycles. The topological polar surface area (TPSA) is 24.1 Å². The van der Waals surface area contributed by atoms with Gasteiger partial charge in [-0.2, -0.15) is 0 Å². The third-order valence-electron chi connectivity index (χ3n) is 2.22. The maximum atomic E-state index is 3.20. The maximum Gasteiger partial charge on any atom is 0.0380 e. The van der Waals surface area contributed by atoms with E-state index in [9.17, 15) is 0 Å². The monoisotopic (exact) mass is 112 g/mol. The van der Waals surface area contributed by atoms with Gasteiger partial charge in [0.2, 0.25) is 0 Å². The van der Waals surface area contributed by atoms with Crippen molar-refractivity contribution >= 4 is 0 Å². The van der Waals surface area contributed by atoms with E-state index in [0.29, 0.717) is 0 Å². The Balaban J connectivity index is 1.92. The molecule has 2 heteroatoms. The minimum absolute atomic E-state index is 0.823. The van der Waals surface area contributed by atoms with Gasteiger partial charge in [0, 0.05) is 12.1 Å². The number of nitrogens with one attached hydrogen (secondary N) is 2. The molecule has 2 rings (SSSR count).